The van der Waals surface area contributed by atoms with Crippen LogP contribution in [0.3, 0.4) is 0 Å². The number of alkyl halides is 3. The topological polar surface area (TPSA) is 69.2 Å². The van der Waals surface area contributed by atoms with Crippen molar-refractivity contribution < 1.29 is 18.3 Å². The average molecular weight is 319 g/mol. The molecule has 2 heterocycles. The van der Waals surface area contributed by atoms with Gasteiger partial charge in [0.1, 0.15) is 5.82 Å². The first kappa shape index (κ1) is 17.0. The summed E-state index contributed by atoms with van der Waals surface area (Å²) >= 11 is 0. The SMILES string of the molecule is CCc1cc(=O)[nH]c(CN2CCC(C(O)C(F)(F)F)CC2)n1. The highest BCUT2D eigenvalue weighted by Crippen LogP contribution is 2.31. The second-order valence-corrected chi connectivity index (χ2v) is 5.64. The highest BCUT2D eigenvalue weighted by molar-refractivity contribution is 5.02. The van der Waals surface area contributed by atoms with E-state index in [0.29, 0.717) is 37.6 Å². The van der Waals surface area contributed by atoms with Gasteiger partial charge in [0.05, 0.1) is 6.54 Å². The Hall–Kier alpha value is -1.41. The number of rotatable bonds is 4. The van der Waals surface area contributed by atoms with Gasteiger partial charge in [-0.2, -0.15) is 13.2 Å². The summed E-state index contributed by atoms with van der Waals surface area (Å²) < 4.78 is 37.5. The first-order valence-corrected chi connectivity index (χ1v) is 7.36. The molecule has 1 fully saturated rings. The van der Waals surface area contributed by atoms with Crippen molar-refractivity contribution in [1.29, 1.82) is 0 Å². The van der Waals surface area contributed by atoms with Gasteiger partial charge in [0.15, 0.2) is 6.10 Å². The Morgan fingerprint density at radius 1 is 1.45 bits per heavy atom. The van der Waals surface area contributed by atoms with Crippen LogP contribution in [0.25, 0.3) is 0 Å². The summed E-state index contributed by atoms with van der Waals surface area (Å²) in [7, 11) is 0. The standard InChI is InChI=1S/C14H20F3N3O2/c1-2-10-7-12(21)19-11(18-10)8-20-5-3-9(4-6-20)13(22)14(15,16)17/h7,9,13,22H,2-6,8H2,1H3,(H,18,19,21). The quantitative estimate of drug-likeness (QED) is 0.882. The van der Waals surface area contributed by atoms with Crippen LogP contribution >= 0.6 is 0 Å². The second-order valence-electron chi connectivity index (χ2n) is 5.64. The number of H-pyrrole nitrogens is 1. The molecule has 1 aromatic heterocycles. The highest BCUT2D eigenvalue weighted by Gasteiger charge is 2.44. The van der Waals surface area contributed by atoms with Gasteiger partial charge in [-0.3, -0.25) is 9.69 Å². The van der Waals surface area contributed by atoms with E-state index in [1.54, 1.807) is 0 Å². The minimum Gasteiger partial charge on any atom is -0.383 e. The van der Waals surface area contributed by atoms with Crippen LogP contribution in [0.15, 0.2) is 10.9 Å². The molecule has 0 saturated carbocycles. The zero-order valence-electron chi connectivity index (χ0n) is 12.4. The molecule has 0 spiro atoms. The lowest BCUT2D eigenvalue weighted by atomic mass is 9.91. The van der Waals surface area contributed by atoms with Gasteiger partial charge >= 0.3 is 6.18 Å². The lowest BCUT2D eigenvalue weighted by molar-refractivity contribution is -0.223. The number of nitrogens with one attached hydrogen (secondary N) is 1. The number of aliphatic hydroxyl groups is 1. The van der Waals surface area contributed by atoms with Crippen molar-refractivity contribution in [3.8, 4) is 0 Å². The summed E-state index contributed by atoms with van der Waals surface area (Å²) in [5.74, 6) is -0.232. The van der Waals surface area contributed by atoms with E-state index in [-0.39, 0.29) is 18.4 Å². The molecule has 2 N–H and O–H groups in total. The maximum Gasteiger partial charge on any atom is 0.414 e. The van der Waals surface area contributed by atoms with Crippen LogP contribution in [0.5, 0.6) is 0 Å². The second kappa shape index (κ2) is 6.78. The van der Waals surface area contributed by atoms with Crippen molar-refractivity contribution >= 4 is 0 Å². The van der Waals surface area contributed by atoms with E-state index in [0.717, 1.165) is 0 Å². The van der Waals surface area contributed by atoms with Gasteiger partial charge in [-0.1, -0.05) is 6.92 Å². The molecular weight excluding hydrogens is 299 g/mol. The molecule has 1 aromatic rings. The maximum atomic E-state index is 12.5. The number of aromatic nitrogens is 2. The summed E-state index contributed by atoms with van der Waals surface area (Å²) in [6.45, 7) is 3.18. The number of likely N-dealkylation sites (tertiary alicyclic amines) is 1. The van der Waals surface area contributed by atoms with Gasteiger partial charge in [0.25, 0.3) is 5.56 Å². The van der Waals surface area contributed by atoms with Crippen LogP contribution in [0.4, 0.5) is 13.2 Å². The maximum absolute atomic E-state index is 12.5. The molecule has 0 radical (unpaired) electrons. The summed E-state index contributed by atoms with van der Waals surface area (Å²) in [4.78, 5) is 20.4. The first-order chi connectivity index (χ1) is 10.3. The number of nitrogens with zero attached hydrogens (tertiary/aromatic N) is 2. The third kappa shape index (κ3) is 4.30. The van der Waals surface area contributed by atoms with E-state index in [1.165, 1.54) is 6.07 Å². The molecule has 1 saturated heterocycles. The van der Waals surface area contributed by atoms with Crippen LogP contribution in [0.1, 0.15) is 31.3 Å². The fraction of sp³-hybridized carbons (Fsp3) is 0.714. The monoisotopic (exact) mass is 319 g/mol. The third-order valence-electron chi connectivity index (χ3n) is 3.99. The summed E-state index contributed by atoms with van der Waals surface area (Å²) in [6, 6.07) is 1.44. The van der Waals surface area contributed by atoms with E-state index in [9.17, 15) is 23.1 Å². The molecule has 1 aliphatic heterocycles. The lowest BCUT2D eigenvalue weighted by Crippen LogP contribution is -2.43. The fourth-order valence-electron chi connectivity index (χ4n) is 2.73. The highest BCUT2D eigenvalue weighted by atomic mass is 19.4. The van der Waals surface area contributed by atoms with Gasteiger partial charge < -0.3 is 10.1 Å². The number of aromatic amines is 1. The molecule has 124 valence electrons. The number of aryl methyl sites for hydroxylation is 1. The molecule has 1 atom stereocenters. The average Bonchev–Trinajstić information content (AvgIpc) is 2.45. The number of piperidine rings is 1. The van der Waals surface area contributed by atoms with Crippen LogP contribution in [-0.4, -0.2) is 45.3 Å². The van der Waals surface area contributed by atoms with E-state index >= 15 is 0 Å². The Bertz CT molecular complexity index is 551. The molecule has 1 aliphatic rings. The molecule has 0 aromatic carbocycles. The molecule has 5 nitrogen and oxygen atoms in total. The Balaban J connectivity index is 1.93. The van der Waals surface area contributed by atoms with E-state index < -0.39 is 18.2 Å². The Kier molecular flexibility index (Phi) is 5.23. The molecule has 0 bridgehead atoms. The smallest absolute Gasteiger partial charge is 0.383 e. The Morgan fingerprint density at radius 2 is 2.09 bits per heavy atom. The molecule has 8 heteroatoms. The van der Waals surface area contributed by atoms with Gasteiger partial charge in [-0.15, -0.1) is 0 Å². The minimum absolute atomic E-state index is 0.218. The fourth-order valence-corrected chi connectivity index (χ4v) is 2.73. The van der Waals surface area contributed by atoms with Crippen molar-refractivity contribution in [2.75, 3.05) is 13.1 Å². The molecule has 2 rings (SSSR count). The summed E-state index contributed by atoms with van der Waals surface area (Å²) in [5.41, 5.74) is 0.477. The van der Waals surface area contributed by atoms with Crippen molar-refractivity contribution in [1.82, 2.24) is 14.9 Å². The Labute approximate surface area is 126 Å². The van der Waals surface area contributed by atoms with Crippen molar-refractivity contribution in [2.45, 2.75) is 45.0 Å². The molecule has 0 aliphatic carbocycles. The van der Waals surface area contributed by atoms with E-state index in [1.807, 2.05) is 11.8 Å². The van der Waals surface area contributed by atoms with Gasteiger partial charge in [-0.05, 0) is 38.3 Å². The largest absolute Gasteiger partial charge is 0.414 e. The van der Waals surface area contributed by atoms with E-state index in [4.69, 9.17) is 0 Å². The van der Waals surface area contributed by atoms with Crippen LogP contribution in [0.2, 0.25) is 0 Å². The third-order valence-corrected chi connectivity index (χ3v) is 3.99. The predicted molar refractivity (Wildman–Crippen MR) is 74.3 cm³/mol. The molecular formula is C14H20F3N3O2. The molecule has 0 amide bonds. The minimum atomic E-state index is -4.56. The summed E-state index contributed by atoms with van der Waals surface area (Å²) in [6.07, 6.45) is -5.61. The zero-order valence-corrected chi connectivity index (χ0v) is 12.4. The lowest BCUT2D eigenvalue weighted by Gasteiger charge is -2.34. The summed E-state index contributed by atoms with van der Waals surface area (Å²) in [5, 5.41) is 9.29. The number of hydrogen-bond donors (Lipinski definition) is 2. The normalized spacial score (nSPS) is 19.3. The van der Waals surface area contributed by atoms with Crippen LogP contribution in [-0.2, 0) is 13.0 Å². The Morgan fingerprint density at radius 3 is 2.64 bits per heavy atom. The number of aliphatic hydroxyl groups excluding tert-OH is 1. The van der Waals surface area contributed by atoms with Gasteiger partial charge in [0.2, 0.25) is 0 Å². The van der Waals surface area contributed by atoms with Crippen molar-refractivity contribution in [3.05, 3.63) is 27.9 Å². The number of hydrogen-bond acceptors (Lipinski definition) is 4. The molecule has 22 heavy (non-hydrogen) atoms. The van der Waals surface area contributed by atoms with Crippen LogP contribution in [0, 0.1) is 5.92 Å². The first-order valence-electron chi connectivity index (χ1n) is 7.36. The van der Waals surface area contributed by atoms with Gasteiger partial charge in [-0.25, -0.2) is 4.98 Å². The van der Waals surface area contributed by atoms with E-state index in [2.05, 4.69) is 9.97 Å². The van der Waals surface area contributed by atoms with Gasteiger partial charge in [0, 0.05) is 11.8 Å². The number of halogens is 3. The zero-order chi connectivity index (χ0) is 16.3. The van der Waals surface area contributed by atoms with Crippen molar-refractivity contribution in [2.24, 2.45) is 5.92 Å². The van der Waals surface area contributed by atoms with Crippen LogP contribution < -0.4 is 5.56 Å². The van der Waals surface area contributed by atoms with Crippen molar-refractivity contribution in [3.63, 3.8) is 0 Å². The molecule has 1 unspecified atom stereocenters. The predicted octanol–water partition coefficient (Wildman–Crippen LogP) is 1.47.